The van der Waals surface area contributed by atoms with Gasteiger partial charge in [0.2, 0.25) is 0 Å². The van der Waals surface area contributed by atoms with Crippen molar-refractivity contribution in [3.05, 3.63) is 35.4 Å². The van der Waals surface area contributed by atoms with Crippen molar-refractivity contribution in [2.75, 3.05) is 6.54 Å². The summed E-state index contributed by atoms with van der Waals surface area (Å²) in [5.74, 6) is -1.83. The van der Waals surface area contributed by atoms with Gasteiger partial charge in [-0.3, -0.25) is 14.5 Å². The van der Waals surface area contributed by atoms with Gasteiger partial charge in [-0.15, -0.1) is 0 Å². The van der Waals surface area contributed by atoms with Gasteiger partial charge in [0, 0.05) is 0 Å². The summed E-state index contributed by atoms with van der Waals surface area (Å²) in [5.41, 5.74) is 1.81. The van der Waals surface area contributed by atoms with E-state index in [1.165, 1.54) is 0 Å². The third-order valence-corrected chi connectivity index (χ3v) is 2.83. The Bertz CT molecular complexity index is 586. The van der Waals surface area contributed by atoms with E-state index in [1.54, 1.807) is 18.2 Å². The fourth-order valence-electron chi connectivity index (χ4n) is 1.78. The number of imide groups is 2. The van der Waals surface area contributed by atoms with Crippen molar-refractivity contribution in [1.29, 1.82) is 5.26 Å². The highest BCUT2D eigenvalue weighted by Gasteiger charge is 2.44. The van der Waals surface area contributed by atoms with Crippen LogP contribution in [0.5, 0.6) is 0 Å². The second kappa shape index (κ2) is 4.90. The average molecular weight is 257 g/mol. The predicted octanol–water partition coefficient (Wildman–Crippen LogP) is 0.809. The molecule has 0 unspecified atom stereocenters. The number of hydrogen-bond acceptors (Lipinski definition) is 4. The molecule has 1 aliphatic rings. The quantitative estimate of drug-likeness (QED) is 0.456. The SMILES string of the molecule is Cc1ccc(CN2C(=O)C(=O)N(CC#N)C2=O)cc1. The number of rotatable bonds is 3. The minimum absolute atomic E-state index is 0.0333. The fourth-order valence-corrected chi connectivity index (χ4v) is 1.78. The number of urea groups is 1. The van der Waals surface area contributed by atoms with Gasteiger partial charge >= 0.3 is 17.8 Å². The van der Waals surface area contributed by atoms with Crippen LogP contribution >= 0.6 is 0 Å². The minimum Gasteiger partial charge on any atom is -0.263 e. The van der Waals surface area contributed by atoms with Gasteiger partial charge < -0.3 is 0 Å². The summed E-state index contributed by atoms with van der Waals surface area (Å²) < 4.78 is 0. The van der Waals surface area contributed by atoms with E-state index in [2.05, 4.69) is 0 Å². The number of aryl methyl sites for hydroxylation is 1. The molecular weight excluding hydrogens is 246 g/mol. The maximum atomic E-state index is 11.8. The number of benzene rings is 1. The Balaban J connectivity index is 2.19. The number of nitriles is 1. The molecule has 1 saturated heterocycles. The van der Waals surface area contributed by atoms with Gasteiger partial charge in [0.25, 0.3) is 0 Å². The standard InChI is InChI=1S/C13H11N3O3/c1-9-2-4-10(5-3-9)8-16-12(18)11(17)15(7-6-14)13(16)19/h2-5H,7-8H2,1H3. The maximum Gasteiger partial charge on any atom is 0.335 e. The Morgan fingerprint density at radius 1 is 1.05 bits per heavy atom. The van der Waals surface area contributed by atoms with Crippen LogP contribution in [-0.2, 0) is 16.1 Å². The van der Waals surface area contributed by atoms with Crippen LogP contribution in [0.15, 0.2) is 24.3 Å². The van der Waals surface area contributed by atoms with Crippen LogP contribution in [0.1, 0.15) is 11.1 Å². The topological polar surface area (TPSA) is 81.5 Å². The highest BCUT2D eigenvalue weighted by Crippen LogP contribution is 2.15. The van der Waals surface area contributed by atoms with Crippen molar-refractivity contribution in [3.63, 3.8) is 0 Å². The summed E-state index contributed by atoms with van der Waals surface area (Å²) in [6, 6.07) is 8.23. The summed E-state index contributed by atoms with van der Waals surface area (Å²) in [5, 5.41) is 8.53. The van der Waals surface area contributed by atoms with Crippen molar-refractivity contribution in [2.45, 2.75) is 13.5 Å². The molecule has 1 heterocycles. The Morgan fingerprint density at radius 3 is 2.21 bits per heavy atom. The summed E-state index contributed by atoms with van der Waals surface area (Å²) in [6.45, 7) is 1.55. The van der Waals surface area contributed by atoms with Gasteiger partial charge in [-0.05, 0) is 12.5 Å². The van der Waals surface area contributed by atoms with Gasteiger partial charge in [0.1, 0.15) is 6.54 Å². The molecule has 0 N–H and O–H groups in total. The molecule has 1 aromatic rings. The number of amides is 4. The van der Waals surface area contributed by atoms with Gasteiger partial charge in [0.05, 0.1) is 12.6 Å². The lowest BCUT2D eigenvalue weighted by molar-refractivity contribution is -0.143. The molecule has 0 radical (unpaired) electrons. The molecule has 0 atom stereocenters. The van der Waals surface area contributed by atoms with Crippen LogP contribution in [0.4, 0.5) is 4.79 Å². The van der Waals surface area contributed by atoms with Crippen LogP contribution < -0.4 is 0 Å². The Hall–Kier alpha value is -2.68. The average Bonchev–Trinajstić information content (AvgIpc) is 2.59. The number of hydrogen-bond donors (Lipinski definition) is 0. The van der Waals surface area contributed by atoms with E-state index in [1.807, 2.05) is 19.1 Å². The zero-order valence-corrected chi connectivity index (χ0v) is 10.3. The van der Waals surface area contributed by atoms with Crippen molar-refractivity contribution < 1.29 is 14.4 Å². The molecule has 2 rings (SSSR count). The van der Waals surface area contributed by atoms with Crippen molar-refractivity contribution >= 4 is 17.8 Å². The van der Waals surface area contributed by atoms with Crippen LogP contribution in [0, 0.1) is 18.3 Å². The smallest absolute Gasteiger partial charge is 0.263 e. The Morgan fingerprint density at radius 2 is 1.63 bits per heavy atom. The molecule has 1 aliphatic heterocycles. The molecule has 0 bridgehead atoms. The summed E-state index contributed by atoms with van der Waals surface area (Å²) in [4.78, 5) is 36.5. The van der Waals surface area contributed by atoms with Crippen LogP contribution in [-0.4, -0.2) is 34.2 Å². The van der Waals surface area contributed by atoms with Gasteiger partial charge in [-0.25, -0.2) is 9.69 Å². The van der Waals surface area contributed by atoms with Gasteiger partial charge in [0.15, 0.2) is 0 Å². The van der Waals surface area contributed by atoms with E-state index in [0.29, 0.717) is 4.90 Å². The van der Waals surface area contributed by atoms with E-state index in [-0.39, 0.29) is 6.54 Å². The first-order chi connectivity index (χ1) is 9.04. The molecule has 6 heteroatoms. The second-order valence-corrected chi connectivity index (χ2v) is 4.21. The van der Waals surface area contributed by atoms with Crippen molar-refractivity contribution in [3.8, 4) is 6.07 Å². The molecule has 1 aromatic carbocycles. The highest BCUT2D eigenvalue weighted by molar-refractivity contribution is 6.44. The molecule has 0 spiro atoms. The maximum absolute atomic E-state index is 11.8. The predicted molar refractivity (Wildman–Crippen MR) is 64.5 cm³/mol. The molecule has 0 aromatic heterocycles. The third-order valence-electron chi connectivity index (χ3n) is 2.83. The van der Waals surface area contributed by atoms with Gasteiger partial charge in [-0.1, -0.05) is 29.8 Å². The molecule has 96 valence electrons. The Kier molecular flexibility index (Phi) is 3.29. The molecule has 0 aliphatic carbocycles. The largest absolute Gasteiger partial charge is 0.335 e. The molecular formula is C13H11N3O3. The van der Waals surface area contributed by atoms with Gasteiger partial charge in [-0.2, -0.15) is 5.26 Å². The first-order valence-corrected chi connectivity index (χ1v) is 5.64. The van der Waals surface area contributed by atoms with E-state index in [4.69, 9.17) is 5.26 Å². The normalized spacial score (nSPS) is 15.1. The van der Waals surface area contributed by atoms with E-state index in [9.17, 15) is 14.4 Å². The molecule has 6 nitrogen and oxygen atoms in total. The lowest BCUT2D eigenvalue weighted by Crippen LogP contribution is -2.33. The molecule has 0 saturated carbocycles. The molecule has 19 heavy (non-hydrogen) atoms. The van der Waals surface area contributed by atoms with E-state index < -0.39 is 24.4 Å². The molecule has 4 amide bonds. The second-order valence-electron chi connectivity index (χ2n) is 4.21. The van der Waals surface area contributed by atoms with E-state index >= 15 is 0 Å². The lowest BCUT2D eigenvalue weighted by atomic mass is 10.1. The van der Waals surface area contributed by atoms with Crippen molar-refractivity contribution in [1.82, 2.24) is 9.80 Å². The number of nitrogens with zero attached hydrogens (tertiary/aromatic N) is 3. The lowest BCUT2D eigenvalue weighted by Gasteiger charge is -2.13. The van der Waals surface area contributed by atoms with Crippen LogP contribution in [0.2, 0.25) is 0 Å². The highest BCUT2D eigenvalue weighted by atomic mass is 16.2. The summed E-state index contributed by atoms with van der Waals surface area (Å²) in [6.07, 6.45) is 0. The van der Waals surface area contributed by atoms with Crippen LogP contribution in [0.3, 0.4) is 0 Å². The minimum atomic E-state index is -0.946. The van der Waals surface area contributed by atoms with E-state index in [0.717, 1.165) is 16.0 Å². The number of carbonyl (C=O) groups excluding carboxylic acids is 3. The zero-order chi connectivity index (χ0) is 14.0. The third kappa shape index (κ3) is 2.31. The zero-order valence-electron chi connectivity index (χ0n) is 10.3. The van der Waals surface area contributed by atoms with Crippen LogP contribution in [0.25, 0.3) is 0 Å². The monoisotopic (exact) mass is 257 g/mol. The summed E-state index contributed by atoms with van der Waals surface area (Å²) >= 11 is 0. The Labute approximate surface area is 109 Å². The first kappa shape index (κ1) is 12.8. The fraction of sp³-hybridized carbons (Fsp3) is 0.231. The molecule has 1 fully saturated rings. The summed E-state index contributed by atoms with van der Waals surface area (Å²) in [7, 11) is 0. The first-order valence-electron chi connectivity index (χ1n) is 5.64. The number of carbonyl (C=O) groups is 3. The van der Waals surface area contributed by atoms with Crippen molar-refractivity contribution in [2.24, 2.45) is 0 Å².